The van der Waals surface area contributed by atoms with Crippen LogP contribution in [0.2, 0.25) is 0 Å². The second kappa shape index (κ2) is 41.8. The van der Waals surface area contributed by atoms with Crippen molar-refractivity contribution in [2.75, 3.05) is 40.9 Å². The van der Waals surface area contributed by atoms with E-state index in [9.17, 15) is 19.4 Å². The molecule has 0 bridgehead atoms. The summed E-state index contributed by atoms with van der Waals surface area (Å²) in [4.78, 5) is 25.4. The SMILES string of the molecule is CCCCCCCCCCCCCCCCCCCCCC(=O)N[C@@H](COP(=O)([O-])OCC[N+](C)(C)C)[C@H](O)CCCCCCCCCCCCCCCCCCC. The average Bonchev–Trinajstić information content (AvgIpc) is 3.17. The molecule has 0 rings (SSSR count). The number of carbonyl (C=O) groups excluding carboxylic acids is 1. The third-order valence-electron chi connectivity index (χ3n) is 11.8. The first-order chi connectivity index (χ1) is 28.0. The van der Waals surface area contributed by atoms with Crippen LogP contribution in [0.15, 0.2) is 0 Å². The zero-order chi connectivity index (χ0) is 42.8. The number of aliphatic hydroxyl groups excluding tert-OH is 1. The predicted octanol–water partition coefficient (Wildman–Crippen LogP) is 13.9. The number of likely N-dealkylation sites (N-methyl/N-ethyl adjacent to an activating group) is 1. The molecule has 0 aromatic rings. The third-order valence-corrected chi connectivity index (χ3v) is 12.8. The summed E-state index contributed by atoms with van der Waals surface area (Å²) in [5.74, 6) is -0.159. The zero-order valence-corrected chi connectivity index (χ0v) is 40.4. The average molecular weight is 845 g/mol. The van der Waals surface area contributed by atoms with Gasteiger partial charge in [-0.2, -0.15) is 0 Å². The van der Waals surface area contributed by atoms with Crippen molar-refractivity contribution in [3.8, 4) is 0 Å². The smallest absolute Gasteiger partial charge is 0.268 e. The molecule has 3 atom stereocenters. The Balaban J connectivity index is 4.23. The molecule has 0 saturated carbocycles. The molecule has 348 valence electrons. The molecule has 0 spiro atoms. The van der Waals surface area contributed by atoms with Crippen molar-refractivity contribution < 1.29 is 32.9 Å². The molecule has 0 aliphatic heterocycles. The van der Waals surface area contributed by atoms with E-state index in [1.165, 1.54) is 193 Å². The van der Waals surface area contributed by atoms with Gasteiger partial charge in [0.1, 0.15) is 13.2 Å². The number of amides is 1. The second-order valence-electron chi connectivity index (χ2n) is 18.9. The summed E-state index contributed by atoms with van der Waals surface area (Å²) in [6.07, 6.45) is 46.8. The molecule has 0 saturated heterocycles. The Morgan fingerprint density at radius 1 is 0.534 bits per heavy atom. The molecule has 0 radical (unpaired) electrons. The van der Waals surface area contributed by atoms with Crippen LogP contribution >= 0.6 is 7.82 Å². The van der Waals surface area contributed by atoms with Gasteiger partial charge in [-0.05, 0) is 12.8 Å². The van der Waals surface area contributed by atoms with E-state index in [4.69, 9.17) is 9.05 Å². The fraction of sp³-hybridized carbons (Fsp3) is 0.980. The molecule has 2 N–H and O–H groups in total. The molecule has 1 unspecified atom stereocenters. The quantitative estimate of drug-likeness (QED) is 0.0359. The number of quaternary nitrogens is 1. The topological polar surface area (TPSA) is 108 Å². The molecular formula is C49H101N2O6P. The van der Waals surface area contributed by atoms with Gasteiger partial charge in [-0.1, -0.05) is 239 Å². The molecule has 0 aromatic carbocycles. The maximum Gasteiger partial charge on any atom is 0.268 e. The maximum absolute atomic E-state index is 12.9. The van der Waals surface area contributed by atoms with Gasteiger partial charge in [0, 0.05) is 6.42 Å². The van der Waals surface area contributed by atoms with Crippen LogP contribution in [0.4, 0.5) is 0 Å². The Morgan fingerprint density at radius 2 is 0.845 bits per heavy atom. The minimum absolute atomic E-state index is 0.0164. The van der Waals surface area contributed by atoms with Gasteiger partial charge in [-0.25, -0.2) is 0 Å². The molecule has 58 heavy (non-hydrogen) atoms. The van der Waals surface area contributed by atoms with Gasteiger partial charge in [0.15, 0.2) is 0 Å². The number of aliphatic hydroxyl groups is 1. The van der Waals surface area contributed by atoms with Gasteiger partial charge in [0.05, 0.1) is 39.9 Å². The lowest BCUT2D eigenvalue weighted by atomic mass is 10.0. The van der Waals surface area contributed by atoms with E-state index in [-0.39, 0.29) is 19.1 Å². The standard InChI is InChI=1S/C49H101N2O6P/c1-6-8-10-12-14-16-18-20-22-24-25-27-29-31-33-35-37-39-41-43-49(53)50-47(46-57-58(54,55)56-45-44-51(3,4)5)48(52)42-40-38-36-34-32-30-28-26-23-21-19-17-15-13-11-9-7-2/h47-48,52H,6-46H2,1-5H3,(H-,50,53,54,55)/t47-,48+/m0/s1. The lowest BCUT2D eigenvalue weighted by Crippen LogP contribution is -2.46. The fourth-order valence-electron chi connectivity index (χ4n) is 7.81. The van der Waals surface area contributed by atoms with E-state index in [1.54, 1.807) is 0 Å². The van der Waals surface area contributed by atoms with E-state index in [2.05, 4.69) is 19.2 Å². The predicted molar refractivity (Wildman–Crippen MR) is 247 cm³/mol. The van der Waals surface area contributed by atoms with Crippen molar-refractivity contribution in [2.24, 2.45) is 0 Å². The number of phosphoric acid groups is 1. The Labute approximate surface area is 361 Å². The van der Waals surface area contributed by atoms with Crippen molar-refractivity contribution in [1.29, 1.82) is 0 Å². The lowest BCUT2D eigenvalue weighted by Gasteiger charge is -2.30. The Kier molecular flexibility index (Phi) is 41.5. The van der Waals surface area contributed by atoms with E-state index >= 15 is 0 Å². The van der Waals surface area contributed by atoms with E-state index < -0.39 is 20.0 Å². The first-order valence-electron chi connectivity index (χ1n) is 25.4. The fourth-order valence-corrected chi connectivity index (χ4v) is 8.53. The second-order valence-corrected chi connectivity index (χ2v) is 20.3. The third kappa shape index (κ3) is 43.6. The molecule has 9 heteroatoms. The van der Waals surface area contributed by atoms with E-state index in [0.717, 1.165) is 38.5 Å². The van der Waals surface area contributed by atoms with Crippen LogP contribution in [0, 0.1) is 0 Å². The number of hydrogen-bond donors (Lipinski definition) is 2. The number of rotatable bonds is 47. The molecule has 8 nitrogen and oxygen atoms in total. The van der Waals surface area contributed by atoms with Crippen LogP contribution in [-0.4, -0.2) is 68.5 Å². The van der Waals surface area contributed by atoms with Crippen LogP contribution in [0.1, 0.15) is 258 Å². The van der Waals surface area contributed by atoms with Crippen LogP contribution < -0.4 is 10.2 Å². The van der Waals surface area contributed by atoms with E-state index in [1.807, 2.05) is 21.1 Å². The minimum Gasteiger partial charge on any atom is -0.756 e. The largest absolute Gasteiger partial charge is 0.756 e. The van der Waals surface area contributed by atoms with Crippen molar-refractivity contribution >= 4 is 13.7 Å². The van der Waals surface area contributed by atoms with Crippen LogP contribution in [0.25, 0.3) is 0 Å². The number of phosphoric ester groups is 1. The first-order valence-corrected chi connectivity index (χ1v) is 26.8. The summed E-state index contributed by atoms with van der Waals surface area (Å²) in [5, 5.41) is 14.0. The number of nitrogens with zero attached hydrogens (tertiary/aromatic N) is 1. The maximum atomic E-state index is 12.9. The van der Waals surface area contributed by atoms with Gasteiger partial charge in [0.25, 0.3) is 7.82 Å². The molecule has 0 aliphatic rings. The Morgan fingerprint density at radius 3 is 1.17 bits per heavy atom. The van der Waals surface area contributed by atoms with Gasteiger partial charge in [0.2, 0.25) is 5.91 Å². The van der Waals surface area contributed by atoms with Gasteiger partial charge in [-0.3, -0.25) is 9.36 Å². The highest BCUT2D eigenvalue weighted by Gasteiger charge is 2.24. The number of carbonyl (C=O) groups is 1. The van der Waals surface area contributed by atoms with Crippen LogP contribution in [-0.2, 0) is 18.4 Å². The van der Waals surface area contributed by atoms with Gasteiger partial charge in [-0.15, -0.1) is 0 Å². The molecular weight excluding hydrogens is 744 g/mol. The summed E-state index contributed by atoms with van der Waals surface area (Å²) >= 11 is 0. The van der Waals surface area contributed by atoms with Crippen LogP contribution in [0.5, 0.6) is 0 Å². The van der Waals surface area contributed by atoms with Crippen molar-refractivity contribution in [1.82, 2.24) is 5.32 Å². The van der Waals surface area contributed by atoms with Gasteiger partial charge >= 0.3 is 0 Å². The van der Waals surface area contributed by atoms with Crippen molar-refractivity contribution in [3.63, 3.8) is 0 Å². The summed E-state index contributed by atoms with van der Waals surface area (Å²) in [6.45, 7) is 4.76. The van der Waals surface area contributed by atoms with Crippen molar-refractivity contribution in [2.45, 2.75) is 270 Å². The highest BCUT2D eigenvalue weighted by Crippen LogP contribution is 2.38. The van der Waals surface area contributed by atoms with E-state index in [0.29, 0.717) is 23.9 Å². The van der Waals surface area contributed by atoms with Crippen molar-refractivity contribution in [3.05, 3.63) is 0 Å². The Bertz CT molecular complexity index is 916. The summed E-state index contributed by atoms with van der Waals surface area (Å²) in [7, 11) is 1.32. The normalized spacial score (nSPS) is 14.1. The molecule has 1 amide bonds. The number of unbranched alkanes of at least 4 members (excludes halogenated alkanes) is 34. The molecule has 0 aromatic heterocycles. The number of hydrogen-bond acceptors (Lipinski definition) is 6. The highest BCUT2D eigenvalue weighted by atomic mass is 31.2. The summed E-state index contributed by atoms with van der Waals surface area (Å²) in [5.41, 5.74) is 0. The van der Waals surface area contributed by atoms with Crippen LogP contribution in [0.3, 0.4) is 0 Å². The summed E-state index contributed by atoms with van der Waals surface area (Å²) < 4.78 is 23.3. The van der Waals surface area contributed by atoms with Gasteiger partial charge < -0.3 is 28.8 Å². The monoisotopic (exact) mass is 845 g/mol. The molecule has 0 fully saturated rings. The molecule has 0 heterocycles. The lowest BCUT2D eigenvalue weighted by molar-refractivity contribution is -0.870. The highest BCUT2D eigenvalue weighted by molar-refractivity contribution is 7.45. The molecule has 0 aliphatic carbocycles. The zero-order valence-electron chi connectivity index (χ0n) is 39.5. The minimum atomic E-state index is -4.56. The Hall–Kier alpha value is -0.500. The summed E-state index contributed by atoms with van der Waals surface area (Å²) in [6, 6.07) is -0.793. The number of nitrogens with one attached hydrogen (secondary N) is 1. The first kappa shape index (κ1) is 57.5.